The smallest absolute Gasteiger partial charge is 0.0234 e. The van der Waals surface area contributed by atoms with Crippen molar-refractivity contribution in [1.82, 2.24) is 10.2 Å². The summed E-state index contributed by atoms with van der Waals surface area (Å²) in [4.78, 5) is 2.60. The molecule has 2 unspecified atom stereocenters. The number of nitrogens with one attached hydrogen (secondary N) is 1. The maximum atomic E-state index is 3.98. The Labute approximate surface area is 129 Å². The average molecular weight is 286 g/mol. The Morgan fingerprint density at radius 1 is 1.14 bits per heavy atom. The van der Waals surface area contributed by atoms with E-state index in [0.29, 0.717) is 17.5 Å². The predicted molar refractivity (Wildman–Crippen MR) is 89.3 cm³/mol. The van der Waals surface area contributed by atoms with Crippen LogP contribution in [0.5, 0.6) is 0 Å². The number of hydrogen-bond acceptors (Lipinski definition) is 2. The second kappa shape index (κ2) is 6.50. The lowest BCUT2D eigenvalue weighted by Crippen LogP contribution is -2.49. The van der Waals surface area contributed by atoms with E-state index in [9.17, 15) is 0 Å². The molecule has 21 heavy (non-hydrogen) atoms. The fourth-order valence-corrected chi connectivity index (χ4v) is 4.04. The summed E-state index contributed by atoms with van der Waals surface area (Å²) in [5.74, 6) is 0. The molecule has 116 valence electrons. The van der Waals surface area contributed by atoms with E-state index in [-0.39, 0.29) is 0 Å². The first kappa shape index (κ1) is 15.1. The first-order valence-electron chi connectivity index (χ1n) is 8.66. The second-order valence-electron chi connectivity index (χ2n) is 7.66. The van der Waals surface area contributed by atoms with Gasteiger partial charge in [-0.15, -0.1) is 0 Å². The van der Waals surface area contributed by atoms with Gasteiger partial charge in [0.15, 0.2) is 0 Å². The minimum absolute atomic E-state index is 0.477. The third-order valence-corrected chi connectivity index (χ3v) is 5.47. The minimum atomic E-state index is 0.477. The lowest BCUT2D eigenvalue weighted by molar-refractivity contribution is 0.154. The Bertz CT molecular complexity index is 440. The van der Waals surface area contributed by atoms with Crippen molar-refractivity contribution >= 4 is 0 Å². The van der Waals surface area contributed by atoms with Crippen molar-refractivity contribution in [3.63, 3.8) is 0 Å². The van der Waals surface area contributed by atoms with Gasteiger partial charge in [-0.1, -0.05) is 57.0 Å². The van der Waals surface area contributed by atoms with Gasteiger partial charge in [-0.2, -0.15) is 0 Å². The van der Waals surface area contributed by atoms with Crippen LogP contribution in [0.25, 0.3) is 0 Å². The molecule has 1 N–H and O–H groups in total. The summed E-state index contributed by atoms with van der Waals surface area (Å²) in [6, 6.07) is 12.3. The monoisotopic (exact) mass is 286 g/mol. The third kappa shape index (κ3) is 3.87. The van der Waals surface area contributed by atoms with Gasteiger partial charge in [-0.05, 0) is 30.2 Å². The van der Waals surface area contributed by atoms with Gasteiger partial charge in [0.05, 0.1) is 0 Å². The molecule has 1 heterocycles. The van der Waals surface area contributed by atoms with E-state index < -0.39 is 0 Å². The molecule has 2 heteroatoms. The van der Waals surface area contributed by atoms with Crippen LogP contribution in [-0.4, -0.2) is 30.1 Å². The van der Waals surface area contributed by atoms with Gasteiger partial charge < -0.3 is 5.32 Å². The quantitative estimate of drug-likeness (QED) is 0.905. The maximum Gasteiger partial charge on any atom is 0.0234 e. The lowest BCUT2D eigenvalue weighted by atomic mass is 9.73. The molecule has 2 aliphatic rings. The highest BCUT2D eigenvalue weighted by Gasteiger charge is 2.34. The van der Waals surface area contributed by atoms with E-state index in [4.69, 9.17) is 0 Å². The van der Waals surface area contributed by atoms with Crippen molar-refractivity contribution in [2.45, 2.75) is 64.6 Å². The number of likely N-dealkylation sites (tertiary alicyclic amines) is 1. The van der Waals surface area contributed by atoms with Crippen molar-refractivity contribution in [3.8, 4) is 0 Å². The average Bonchev–Trinajstić information content (AvgIpc) is 2.90. The van der Waals surface area contributed by atoms with E-state index in [1.54, 1.807) is 0 Å². The van der Waals surface area contributed by atoms with Crippen LogP contribution >= 0.6 is 0 Å². The van der Waals surface area contributed by atoms with Gasteiger partial charge in [0.1, 0.15) is 0 Å². The third-order valence-electron chi connectivity index (χ3n) is 5.47. The molecule has 3 rings (SSSR count). The van der Waals surface area contributed by atoms with Crippen molar-refractivity contribution in [2.24, 2.45) is 5.41 Å². The Balaban J connectivity index is 1.50. The maximum absolute atomic E-state index is 3.98. The Kier molecular flexibility index (Phi) is 4.66. The van der Waals surface area contributed by atoms with Crippen LogP contribution in [0.3, 0.4) is 0 Å². The molecule has 1 saturated carbocycles. The van der Waals surface area contributed by atoms with Crippen LogP contribution in [-0.2, 0) is 6.54 Å². The predicted octanol–water partition coefficient (Wildman–Crippen LogP) is 3.82. The minimum Gasteiger partial charge on any atom is -0.309 e. The lowest BCUT2D eigenvalue weighted by Gasteiger charge is -2.40. The van der Waals surface area contributed by atoms with E-state index in [0.717, 1.165) is 6.54 Å². The summed E-state index contributed by atoms with van der Waals surface area (Å²) < 4.78 is 0. The molecular weight excluding hydrogens is 256 g/mol. The van der Waals surface area contributed by atoms with Crippen molar-refractivity contribution < 1.29 is 0 Å². The molecule has 2 atom stereocenters. The highest BCUT2D eigenvalue weighted by atomic mass is 15.2. The number of nitrogens with zero attached hydrogens (tertiary/aromatic N) is 1. The van der Waals surface area contributed by atoms with Gasteiger partial charge in [0.2, 0.25) is 0 Å². The van der Waals surface area contributed by atoms with E-state index in [2.05, 4.69) is 54.4 Å². The zero-order valence-corrected chi connectivity index (χ0v) is 13.6. The molecule has 1 aliphatic carbocycles. The SMILES string of the molecule is CC1(C)CCCCC1NC1CCN(Cc2ccccc2)C1. The van der Waals surface area contributed by atoms with Crippen LogP contribution in [0, 0.1) is 5.41 Å². The summed E-state index contributed by atoms with van der Waals surface area (Å²) >= 11 is 0. The standard InChI is InChI=1S/C19H30N2/c1-19(2)12-7-6-10-18(19)20-17-11-13-21(15-17)14-16-8-4-3-5-9-16/h3-5,8-9,17-18,20H,6-7,10-15H2,1-2H3. The van der Waals surface area contributed by atoms with Gasteiger partial charge in [0, 0.05) is 31.7 Å². The van der Waals surface area contributed by atoms with Crippen molar-refractivity contribution in [1.29, 1.82) is 0 Å². The topological polar surface area (TPSA) is 15.3 Å². The molecule has 1 saturated heterocycles. The zero-order chi connectivity index (χ0) is 14.7. The molecular formula is C19H30N2. The van der Waals surface area contributed by atoms with Gasteiger partial charge >= 0.3 is 0 Å². The Hall–Kier alpha value is -0.860. The summed E-state index contributed by atoms with van der Waals surface area (Å²) in [7, 11) is 0. The molecule has 1 aromatic carbocycles. The first-order valence-corrected chi connectivity index (χ1v) is 8.66. The van der Waals surface area contributed by atoms with Gasteiger partial charge in [-0.25, -0.2) is 0 Å². The van der Waals surface area contributed by atoms with E-state index >= 15 is 0 Å². The summed E-state index contributed by atoms with van der Waals surface area (Å²) in [5.41, 5.74) is 1.92. The fourth-order valence-electron chi connectivity index (χ4n) is 4.04. The number of hydrogen-bond donors (Lipinski definition) is 1. The molecule has 0 amide bonds. The highest BCUT2D eigenvalue weighted by Crippen LogP contribution is 2.36. The van der Waals surface area contributed by atoms with Crippen LogP contribution in [0.1, 0.15) is 51.5 Å². The molecule has 0 spiro atoms. The molecule has 0 radical (unpaired) electrons. The molecule has 0 bridgehead atoms. The van der Waals surface area contributed by atoms with E-state index in [1.165, 1.54) is 50.8 Å². The second-order valence-corrected chi connectivity index (χ2v) is 7.66. The van der Waals surface area contributed by atoms with Crippen LogP contribution in [0.15, 0.2) is 30.3 Å². The molecule has 0 aromatic heterocycles. The van der Waals surface area contributed by atoms with Crippen LogP contribution in [0.2, 0.25) is 0 Å². The van der Waals surface area contributed by atoms with Gasteiger partial charge in [-0.3, -0.25) is 4.90 Å². The van der Waals surface area contributed by atoms with Crippen molar-refractivity contribution in [2.75, 3.05) is 13.1 Å². The zero-order valence-electron chi connectivity index (χ0n) is 13.6. The number of benzene rings is 1. The van der Waals surface area contributed by atoms with Crippen LogP contribution in [0.4, 0.5) is 0 Å². The first-order chi connectivity index (χ1) is 10.1. The number of rotatable bonds is 4. The molecule has 2 nitrogen and oxygen atoms in total. The van der Waals surface area contributed by atoms with E-state index in [1.807, 2.05) is 0 Å². The molecule has 1 aliphatic heterocycles. The van der Waals surface area contributed by atoms with Crippen LogP contribution < -0.4 is 5.32 Å². The normalized spacial score (nSPS) is 29.6. The summed E-state index contributed by atoms with van der Waals surface area (Å²) in [6.45, 7) is 8.44. The van der Waals surface area contributed by atoms with Crippen molar-refractivity contribution in [3.05, 3.63) is 35.9 Å². The van der Waals surface area contributed by atoms with Gasteiger partial charge in [0.25, 0.3) is 0 Å². The Morgan fingerprint density at radius 3 is 2.71 bits per heavy atom. The molecule has 2 fully saturated rings. The summed E-state index contributed by atoms with van der Waals surface area (Å²) in [5, 5.41) is 3.98. The fraction of sp³-hybridized carbons (Fsp3) is 0.684. The molecule has 1 aromatic rings. The largest absolute Gasteiger partial charge is 0.309 e. The summed E-state index contributed by atoms with van der Waals surface area (Å²) in [6.07, 6.45) is 6.87. The Morgan fingerprint density at radius 2 is 1.95 bits per heavy atom. The highest BCUT2D eigenvalue weighted by molar-refractivity contribution is 5.14.